The molecule has 0 spiro atoms. The number of amides is 2. The summed E-state index contributed by atoms with van der Waals surface area (Å²) in [5.41, 5.74) is 1.89. The number of hydroxylamine groups is 2. The molecule has 7 nitrogen and oxygen atoms in total. The molecular weight excluding hydrogens is 330 g/mol. The van der Waals surface area contributed by atoms with Crippen LogP contribution in [-0.2, 0) is 20.8 Å². The molecule has 3 N–H and O–H groups in total. The number of rotatable bonds is 5. The van der Waals surface area contributed by atoms with Crippen molar-refractivity contribution in [2.24, 2.45) is 0 Å². The highest BCUT2D eigenvalue weighted by atomic mass is 32.2. The van der Waals surface area contributed by atoms with E-state index in [1.54, 1.807) is 6.26 Å². The molecule has 24 heavy (non-hydrogen) atoms. The van der Waals surface area contributed by atoms with E-state index in [1.807, 2.05) is 30.5 Å². The number of aromatic amines is 1. The van der Waals surface area contributed by atoms with Crippen LogP contribution >= 0.6 is 11.8 Å². The highest BCUT2D eigenvalue weighted by Crippen LogP contribution is 2.33. The molecule has 1 aromatic heterocycles. The molecule has 2 amide bonds. The van der Waals surface area contributed by atoms with Gasteiger partial charge in [0, 0.05) is 23.5 Å². The second-order valence-electron chi connectivity index (χ2n) is 5.57. The van der Waals surface area contributed by atoms with Crippen LogP contribution in [0.5, 0.6) is 0 Å². The van der Waals surface area contributed by atoms with Gasteiger partial charge in [0.1, 0.15) is 0 Å². The van der Waals surface area contributed by atoms with Gasteiger partial charge in [-0.15, -0.1) is 11.8 Å². The van der Waals surface area contributed by atoms with Crippen LogP contribution in [0, 0.1) is 0 Å². The van der Waals surface area contributed by atoms with Crippen LogP contribution in [0.2, 0.25) is 0 Å². The van der Waals surface area contributed by atoms with Gasteiger partial charge < -0.3 is 15.4 Å². The Hall–Kier alpha value is -2.03. The number of hydrogen-bond acceptors (Lipinski definition) is 5. The Balaban J connectivity index is 1.99. The Labute approximate surface area is 143 Å². The van der Waals surface area contributed by atoms with Crippen molar-refractivity contribution < 1.29 is 19.5 Å². The predicted molar refractivity (Wildman–Crippen MR) is 91.1 cm³/mol. The highest BCUT2D eigenvalue weighted by molar-refractivity contribution is 8.00. The van der Waals surface area contributed by atoms with E-state index in [2.05, 4.69) is 10.3 Å². The summed E-state index contributed by atoms with van der Waals surface area (Å²) >= 11 is 1.24. The van der Waals surface area contributed by atoms with Crippen molar-refractivity contribution in [1.82, 2.24) is 15.4 Å². The quantitative estimate of drug-likeness (QED) is 0.737. The maximum absolute atomic E-state index is 12.9. The molecule has 3 rings (SSSR count). The van der Waals surface area contributed by atoms with Crippen molar-refractivity contribution in [2.75, 3.05) is 20.0 Å². The average Bonchev–Trinajstić information content (AvgIpc) is 3.00. The van der Waals surface area contributed by atoms with Gasteiger partial charge in [0.05, 0.1) is 13.7 Å². The summed E-state index contributed by atoms with van der Waals surface area (Å²) in [4.78, 5) is 32.3. The SMILES string of the molecule is CON1C(=O)[C@@](Cc2c[nH]c3ccccc23)(SC)NC(=O)[C@H]1CO. The zero-order valence-corrected chi connectivity index (χ0v) is 14.2. The number of H-pyrrole nitrogens is 1. The van der Waals surface area contributed by atoms with Crippen molar-refractivity contribution in [3.63, 3.8) is 0 Å². The lowest BCUT2D eigenvalue weighted by Gasteiger charge is -2.43. The molecule has 1 fully saturated rings. The first-order valence-corrected chi connectivity index (χ1v) is 8.69. The van der Waals surface area contributed by atoms with Crippen molar-refractivity contribution >= 4 is 34.5 Å². The number of carbonyl (C=O) groups excluding carboxylic acids is 2. The van der Waals surface area contributed by atoms with Gasteiger partial charge >= 0.3 is 0 Å². The second-order valence-corrected chi connectivity index (χ2v) is 6.67. The van der Waals surface area contributed by atoms with Crippen LogP contribution in [-0.4, -0.2) is 57.9 Å². The van der Waals surface area contributed by atoms with Gasteiger partial charge in [-0.25, -0.2) is 5.06 Å². The molecule has 1 aliphatic rings. The lowest BCUT2D eigenvalue weighted by atomic mass is 10.0. The van der Waals surface area contributed by atoms with Crippen molar-refractivity contribution in [1.29, 1.82) is 0 Å². The molecule has 2 aromatic rings. The number of benzene rings is 1. The maximum atomic E-state index is 12.9. The minimum Gasteiger partial charge on any atom is -0.394 e. The van der Waals surface area contributed by atoms with Gasteiger partial charge in [0.25, 0.3) is 5.91 Å². The van der Waals surface area contributed by atoms with E-state index in [0.717, 1.165) is 21.5 Å². The molecule has 0 radical (unpaired) electrons. The molecular formula is C16H19N3O4S. The van der Waals surface area contributed by atoms with Crippen LogP contribution in [0.3, 0.4) is 0 Å². The maximum Gasteiger partial charge on any atom is 0.283 e. The second kappa shape index (κ2) is 6.46. The third-order valence-electron chi connectivity index (χ3n) is 4.29. The van der Waals surface area contributed by atoms with Gasteiger partial charge in [-0.3, -0.25) is 14.4 Å². The first-order chi connectivity index (χ1) is 11.6. The largest absolute Gasteiger partial charge is 0.394 e. The van der Waals surface area contributed by atoms with E-state index < -0.39 is 23.4 Å². The number of aliphatic hydroxyl groups excluding tert-OH is 1. The number of para-hydroxylation sites is 1. The molecule has 1 aromatic carbocycles. The molecule has 2 atom stereocenters. The van der Waals surface area contributed by atoms with Gasteiger partial charge in [0.2, 0.25) is 5.91 Å². The van der Waals surface area contributed by atoms with Crippen LogP contribution in [0.15, 0.2) is 30.5 Å². The fraction of sp³-hybridized carbons (Fsp3) is 0.375. The van der Waals surface area contributed by atoms with E-state index in [9.17, 15) is 14.7 Å². The van der Waals surface area contributed by atoms with Crippen LogP contribution in [0.25, 0.3) is 10.9 Å². The first-order valence-electron chi connectivity index (χ1n) is 7.47. The number of hydrogen-bond donors (Lipinski definition) is 3. The Bertz CT molecular complexity index is 778. The summed E-state index contributed by atoms with van der Waals surface area (Å²) in [6, 6.07) is 6.74. The Morgan fingerprint density at radius 1 is 1.38 bits per heavy atom. The van der Waals surface area contributed by atoms with E-state index >= 15 is 0 Å². The third kappa shape index (κ3) is 2.56. The normalized spacial score (nSPS) is 24.5. The van der Waals surface area contributed by atoms with Crippen molar-refractivity contribution in [3.05, 3.63) is 36.0 Å². The zero-order chi connectivity index (χ0) is 17.3. The number of fused-ring (bicyclic) bond motifs is 1. The number of aliphatic hydroxyl groups is 1. The average molecular weight is 349 g/mol. The summed E-state index contributed by atoms with van der Waals surface area (Å²) in [6.45, 7) is -0.497. The topological polar surface area (TPSA) is 94.7 Å². The number of aromatic nitrogens is 1. The highest BCUT2D eigenvalue weighted by Gasteiger charge is 2.51. The number of thioether (sulfide) groups is 1. The van der Waals surface area contributed by atoms with E-state index in [4.69, 9.17) is 4.84 Å². The lowest BCUT2D eigenvalue weighted by Crippen LogP contribution is -2.70. The van der Waals surface area contributed by atoms with Crippen LogP contribution < -0.4 is 5.32 Å². The molecule has 1 aliphatic heterocycles. The standard InChI is InChI=1S/C16H19N3O4S/c1-23-19-13(9-20)14(21)18-16(24-2,15(19)22)7-10-8-17-12-6-4-3-5-11(10)12/h3-6,8,13,17,20H,7,9H2,1-2H3,(H,18,21)/t13-,16-/m1/s1. The molecule has 2 heterocycles. The van der Waals surface area contributed by atoms with Crippen molar-refractivity contribution in [3.8, 4) is 0 Å². The van der Waals surface area contributed by atoms with E-state index in [-0.39, 0.29) is 5.91 Å². The minimum absolute atomic E-state index is 0.306. The fourth-order valence-corrected chi connectivity index (χ4v) is 3.77. The number of nitrogens with one attached hydrogen (secondary N) is 2. The molecule has 8 heteroatoms. The molecule has 0 bridgehead atoms. The van der Waals surface area contributed by atoms with Gasteiger partial charge in [0.15, 0.2) is 10.9 Å². The summed E-state index contributed by atoms with van der Waals surface area (Å²) in [5, 5.41) is 14.1. The lowest BCUT2D eigenvalue weighted by molar-refractivity contribution is -0.205. The van der Waals surface area contributed by atoms with Gasteiger partial charge in [-0.1, -0.05) is 18.2 Å². The number of piperazine rings is 1. The molecule has 1 saturated heterocycles. The van der Waals surface area contributed by atoms with Crippen molar-refractivity contribution in [2.45, 2.75) is 17.3 Å². The molecule has 0 unspecified atom stereocenters. The smallest absolute Gasteiger partial charge is 0.283 e. The predicted octanol–water partition coefficient (Wildman–Crippen LogP) is 0.650. The van der Waals surface area contributed by atoms with E-state index in [1.165, 1.54) is 18.9 Å². The summed E-state index contributed by atoms with van der Waals surface area (Å²) in [5.74, 6) is -0.824. The molecule has 128 valence electrons. The third-order valence-corrected chi connectivity index (χ3v) is 5.41. The van der Waals surface area contributed by atoms with Gasteiger partial charge in [-0.2, -0.15) is 0 Å². The number of carbonyl (C=O) groups is 2. The fourth-order valence-electron chi connectivity index (χ4n) is 3.01. The minimum atomic E-state index is -1.18. The molecule has 0 aliphatic carbocycles. The monoisotopic (exact) mass is 349 g/mol. The Morgan fingerprint density at radius 3 is 2.79 bits per heavy atom. The van der Waals surface area contributed by atoms with Gasteiger partial charge in [-0.05, 0) is 17.9 Å². The van der Waals surface area contributed by atoms with Crippen LogP contribution in [0.1, 0.15) is 5.56 Å². The Kier molecular flexibility index (Phi) is 4.53. The Morgan fingerprint density at radius 2 is 2.12 bits per heavy atom. The number of nitrogens with zero attached hydrogens (tertiary/aromatic N) is 1. The van der Waals surface area contributed by atoms with Crippen LogP contribution in [0.4, 0.5) is 0 Å². The zero-order valence-electron chi connectivity index (χ0n) is 13.4. The molecule has 0 saturated carbocycles. The summed E-state index contributed by atoms with van der Waals surface area (Å²) in [6.07, 6.45) is 3.91. The van der Waals surface area contributed by atoms with E-state index in [0.29, 0.717) is 6.42 Å². The summed E-state index contributed by atoms with van der Waals surface area (Å²) < 4.78 is 0. The first kappa shape index (κ1) is 16.8. The summed E-state index contributed by atoms with van der Waals surface area (Å²) in [7, 11) is 1.32.